The van der Waals surface area contributed by atoms with Gasteiger partial charge in [0.2, 0.25) is 5.91 Å². The largest absolute Gasteiger partial charge is 0.355 e. The summed E-state index contributed by atoms with van der Waals surface area (Å²) in [5.41, 5.74) is 2.63. The smallest absolute Gasteiger partial charge is 0.242 e. The predicted molar refractivity (Wildman–Crippen MR) is 83.7 cm³/mol. The highest BCUT2D eigenvalue weighted by molar-refractivity contribution is 6.17. The van der Waals surface area contributed by atoms with Gasteiger partial charge in [-0.05, 0) is 27.7 Å². The molecule has 0 radical (unpaired) electrons. The summed E-state index contributed by atoms with van der Waals surface area (Å²) in [7, 11) is 0. The van der Waals surface area contributed by atoms with Gasteiger partial charge in [0.25, 0.3) is 0 Å². The first-order valence-corrected chi connectivity index (χ1v) is 7.86. The van der Waals surface area contributed by atoms with Crippen LogP contribution in [0.2, 0.25) is 0 Å². The molecule has 0 aliphatic rings. The number of imidazole rings is 1. The minimum absolute atomic E-state index is 0.0193. The lowest BCUT2D eigenvalue weighted by atomic mass is 10.3. The zero-order valence-corrected chi connectivity index (χ0v) is 13.7. The van der Waals surface area contributed by atoms with Crippen molar-refractivity contribution in [2.24, 2.45) is 0 Å². The van der Waals surface area contributed by atoms with Gasteiger partial charge in [-0.25, -0.2) is 9.67 Å². The van der Waals surface area contributed by atoms with Crippen LogP contribution in [0.4, 0.5) is 0 Å². The van der Waals surface area contributed by atoms with E-state index in [1.165, 1.54) is 0 Å². The van der Waals surface area contributed by atoms with Crippen LogP contribution < -0.4 is 5.32 Å². The van der Waals surface area contributed by atoms with Crippen LogP contribution in [-0.2, 0) is 17.8 Å². The van der Waals surface area contributed by atoms with Crippen LogP contribution in [-0.4, -0.2) is 37.7 Å². The van der Waals surface area contributed by atoms with Gasteiger partial charge in [-0.15, -0.1) is 11.6 Å². The SMILES string of the molecule is CCNC(=O)C(C)n1c(CCCl)nc2c(C)nn(CC)c21. The summed E-state index contributed by atoms with van der Waals surface area (Å²) < 4.78 is 3.86. The Morgan fingerprint density at radius 1 is 1.43 bits per heavy atom. The first kappa shape index (κ1) is 15.8. The molecule has 0 saturated carbocycles. The average molecular weight is 312 g/mol. The molecule has 0 fully saturated rings. The van der Waals surface area contributed by atoms with E-state index in [9.17, 15) is 4.79 Å². The minimum Gasteiger partial charge on any atom is -0.355 e. The average Bonchev–Trinajstić information content (AvgIpc) is 2.97. The molecule has 2 aromatic heterocycles. The lowest BCUT2D eigenvalue weighted by Crippen LogP contribution is -2.32. The zero-order valence-electron chi connectivity index (χ0n) is 13.0. The van der Waals surface area contributed by atoms with Crippen molar-refractivity contribution in [3.05, 3.63) is 11.5 Å². The van der Waals surface area contributed by atoms with Crippen LogP contribution in [0.25, 0.3) is 11.2 Å². The van der Waals surface area contributed by atoms with Crippen molar-refractivity contribution >= 4 is 28.7 Å². The fourth-order valence-corrected chi connectivity index (χ4v) is 2.73. The lowest BCUT2D eigenvalue weighted by molar-refractivity contribution is -0.123. The molecule has 2 rings (SSSR count). The van der Waals surface area contributed by atoms with Crippen LogP contribution >= 0.6 is 11.6 Å². The lowest BCUT2D eigenvalue weighted by Gasteiger charge is -2.17. The first-order valence-electron chi connectivity index (χ1n) is 7.32. The Hall–Kier alpha value is -1.56. The number of nitrogens with zero attached hydrogens (tertiary/aromatic N) is 4. The Kier molecular flexibility index (Phi) is 4.88. The van der Waals surface area contributed by atoms with E-state index in [4.69, 9.17) is 11.6 Å². The van der Waals surface area contributed by atoms with E-state index in [1.807, 2.05) is 36.9 Å². The van der Waals surface area contributed by atoms with Crippen LogP contribution in [0.3, 0.4) is 0 Å². The molecule has 1 amide bonds. The van der Waals surface area contributed by atoms with Crippen LogP contribution in [0.15, 0.2) is 0 Å². The first-order chi connectivity index (χ1) is 10.0. The second-order valence-electron chi connectivity index (χ2n) is 4.98. The number of alkyl halides is 1. The number of rotatable bonds is 6. The normalized spacial score (nSPS) is 12.8. The summed E-state index contributed by atoms with van der Waals surface area (Å²) in [5, 5.41) is 7.35. The van der Waals surface area contributed by atoms with Crippen molar-refractivity contribution in [1.29, 1.82) is 0 Å². The molecule has 0 bridgehead atoms. The summed E-state index contributed by atoms with van der Waals surface area (Å²) in [6.07, 6.45) is 0.628. The highest BCUT2D eigenvalue weighted by atomic mass is 35.5. The number of aromatic nitrogens is 4. The third-order valence-corrected chi connectivity index (χ3v) is 3.74. The summed E-state index contributed by atoms with van der Waals surface area (Å²) in [4.78, 5) is 16.9. The molecule has 0 aromatic carbocycles. The minimum atomic E-state index is -0.338. The molecule has 0 aliphatic carbocycles. The number of hydrogen-bond donors (Lipinski definition) is 1. The van der Waals surface area contributed by atoms with E-state index in [-0.39, 0.29) is 11.9 Å². The van der Waals surface area contributed by atoms with Crippen molar-refractivity contribution in [2.75, 3.05) is 12.4 Å². The zero-order chi connectivity index (χ0) is 15.6. The molecule has 116 valence electrons. The number of carbonyl (C=O) groups excluding carboxylic acids is 1. The van der Waals surface area contributed by atoms with Crippen LogP contribution in [0.5, 0.6) is 0 Å². The van der Waals surface area contributed by atoms with E-state index < -0.39 is 0 Å². The van der Waals surface area contributed by atoms with Crippen molar-refractivity contribution in [2.45, 2.75) is 46.7 Å². The van der Waals surface area contributed by atoms with Gasteiger partial charge in [-0.1, -0.05) is 0 Å². The number of nitrogens with one attached hydrogen (secondary N) is 1. The van der Waals surface area contributed by atoms with E-state index in [1.54, 1.807) is 0 Å². The van der Waals surface area contributed by atoms with Gasteiger partial charge in [0.15, 0.2) is 5.65 Å². The number of aryl methyl sites for hydroxylation is 3. The second-order valence-corrected chi connectivity index (χ2v) is 5.36. The van der Waals surface area contributed by atoms with Gasteiger partial charge in [0, 0.05) is 25.4 Å². The van der Waals surface area contributed by atoms with Gasteiger partial charge >= 0.3 is 0 Å². The molecule has 2 heterocycles. The number of halogens is 1. The van der Waals surface area contributed by atoms with Crippen molar-refractivity contribution in [3.8, 4) is 0 Å². The van der Waals surface area contributed by atoms with E-state index >= 15 is 0 Å². The molecular weight excluding hydrogens is 290 g/mol. The fraction of sp³-hybridized carbons (Fsp3) is 0.643. The predicted octanol–water partition coefficient (Wildman–Crippen LogP) is 2.04. The maximum absolute atomic E-state index is 12.2. The number of carbonyl (C=O) groups is 1. The number of amides is 1. The summed E-state index contributed by atoms with van der Waals surface area (Å²) >= 11 is 5.89. The monoisotopic (exact) mass is 311 g/mol. The quantitative estimate of drug-likeness (QED) is 0.830. The summed E-state index contributed by atoms with van der Waals surface area (Å²) in [6, 6.07) is -0.338. The molecule has 21 heavy (non-hydrogen) atoms. The third-order valence-electron chi connectivity index (χ3n) is 3.55. The Labute approximate surface area is 129 Å². The fourth-order valence-electron chi connectivity index (χ4n) is 2.56. The van der Waals surface area contributed by atoms with Gasteiger partial charge in [0.1, 0.15) is 17.4 Å². The number of hydrogen-bond acceptors (Lipinski definition) is 3. The Morgan fingerprint density at radius 2 is 2.14 bits per heavy atom. The van der Waals surface area contributed by atoms with Gasteiger partial charge in [-0.2, -0.15) is 5.10 Å². The van der Waals surface area contributed by atoms with Gasteiger partial charge in [0.05, 0.1) is 5.69 Å². The molecular formula is C14H22ClN5O. The van der Waals surface area contributed by atoms with Crippen molar-refractivity contribution in [3.63, 3.8) is 0 Å². The highest BCUT2D eigenvalue weighted by Crippen LogP contribution is 2.24. The Morgan fingerprint density at radius 3 is 2.71 bits per heavy atom. The number of fused-ring (bicyclic) bond motifs is 1. The second kappa shape index (κ2) is 6.47. The molecule has 0 saturated heterocycles. The molecule has 6 nitrogen and oxygen atoms in total. The molecule has 0 aliphatic heterocycles. The molecule has 1 N–H and O–H groups in total. The van der Waals surface area contributed by atoms with E-state index in [0.717, 1.165) is 29.2 Å². The highest BCUT2D eigenvalue weighted by Gasteiger charge is 2.24. The Balaban J connectivity index is 2.61. The molecule has 0 spiro atoms. The molecule has 2 aromatic rings. The number of likely N-dealkylation sites (N-methyl/N-ethyl adjacent to an activating group) is 1. The van der Waals surface area contributed by atoms with Crippen molar-refractivity contribution in [1.82, 2.24) is 24.6 Å². The van der Waals surface area contributed by atoms with Crippen LogP contribution in [0.1, 0.15) is 38.3 Å². The van der Waals surface area contributed by atoms with Crippen molar-refractivity contribution < 1.29 is 4.79 Å². The summed E-state index contributed by atoms with van der Waals surface area (Å²) in [5.74, 6) is 1.29. The molecule has 1 unspecified atom stereocenters. The molecule has 7 heteroatoms. The topological polar surface area (TPSA) is 64.7 Å². The van der Waals surface area contributed by atoms with E-state index in [0.29, 0.717) is 18.8 Å². The third kappa shape index (κ3) is 2.77. The van der Waals surface area contributed by atoms with Gasteiger partial charge in [-0.3, -0.25) is 4.79 Å². The van der Waals surface area contributed by atoms with E-state index in [2.05, 4.69) is 15.4 Å². The standard InChI is InChI=1S/C14H22ClN5O/c1-5-16-13(21)10(4)20-11(7-8-15)17-12-9(3)18-19(6-2)14(12)20/h10H,5-8H2,1-4H3,(H,16,21). The van der Waals surface area contributed by atoms with Crippen LogP contribution in [0, 0.1) is 6.92 Å². The maximum atomic E-state index is 12.2. The Bertz CT molecular complexity index is 645. The summed E-state index contributed by atoms with van der Waals surface area (Å²) in [6.45, 7) is 9.10. The van der Waals surface area contributed by atoms with Gasteiger partial charge < -0.3 is 9.88 Å². The molecule has 1 atom stereocenters. The maximum Gasteiger partial charge on any atom is 0.242 e.